The molecule has 22 nitrogen and oxygen atoms in total. The number of nitrogens with zero attached hydrogens (tertiary/aromatic N) is 5. The van der Waals surface area contributed by atoms with Gasteiger partial charge in [0.15, 0.2) is 0 Å². The number of ether oxygens (including phenoxy) is 3. The number of ketones is 2. The lowest BCUT2D eigenvalue weighted by Crippen LogP contribution is -2.47. The number of aliphatic imine (C=N–C) groups is 2. The molecular formula is C80H138ClN11O11. The number of carbonyl (C=O) groups is 6. The number of rotatable bonds is 25. The van der Waals surface area contributed by atoms with Gasteiger partial charge in [-0.05, 0) is 219 Å². The summed E-state index contributed by atoms with van der Waals surface area (Å²) in [6.07, 6.45) is 11.4. The Morgan fingerprint density at radius 3 is 1.52 bits per heavy atom. The van der Waals surface area contributed by atoms with Crippen LogP contribution >= 0.6 is 12.4 Å². The number of anilines is 2. The predicted octanol–water partition coefficient (Wildman–Crippen LogP) is 16.0. The van der Waals surface area contributed by atoms with Gasteiger partial charge in [0.25, 0.3) is 0 Å². The van der Waals surface area contributed by atoms with Crippen LogP contribution in [0.5, 0.6) is 0 Å². The Balaban J connectivity index is 0.00000129. The highest BCUT2D eigenvalue weighted by atomic mass is 35.5. The largest absolute Gasteiger partial charge is 0.480 e. The summed E-state index contributed by atoms with van der Waals surface area (Å²) in [5, 5.41) is 26.2. The molecule has 9 N–H and O–H groups in total. The maximum atomic E-state index is 13.3. The van der Waals surface area contributed by atoms with E-state index in [0.717, 1.165) is 92.6 Å². The smallest absolute Gasteiger partial charge is 0.408 e. The molecule has 3 amide bonds. The fourth-order valence-electron chi connectivity index (χ4n) is 12.1. The fraction of sp³-hybridized carbons (Fsp3) is 0.688. The number of carbonyl (C=O) groups excluding carboxylic acids is 5. The Morgan fingerprint density at radius 2 is 1.12 bits per heavy atom. The van der Waals surface area contributed by atoms with E-state index in [-0.39, 0.29) is 42.2 Å². The van der Waals surface area contributed by atoms with Crippen LogP contribution in [-0.2, 0) is 33.4 Å². The first-order valence-electron chi connectivity index (χ1n) is 37.6. The normalized spacial score (nSPS) is 19.1. The summed E-state index contributed by atoms with van der Waals surface area (Å²) in [6, 6.07) is 27.9. The van der Waals surface area contributed by atoms with Crippen LogP contribution in [0, 0.1) is 47.3 Å². The molecule has 0 radical (unpaired) electrons. The number of para-hydroxylation sites is 2. The lowest BCUT2D eigenvalue weighted by molar-refractivity contribution is -0.139. The van der Waals surface area contributed by atoms with Crippen molar-refractivity contribution in [2.45, 2.75) is 243 Å². The van der Waals surface area contributed by atoms with Crippen LogP contribution in [0.1, 0.15) is 231 Å². The lowest BCUT2D eigenvalue weighted by atomic mass is 9.68. The Bertz CT molecular complexity index is 2850. The van der Waals surface area contributed by atoms with E-state index < -0.39 is 41.4 Å². The molecule has 2 aliphatic carbocycles. The van der Waals surface area contributed by atoms with Gasteiger partial charge in [0, 0.05) is 50.5 Å². The number of nitrogens with one attached hydrogen (secondary N) is 5. The van der Waals surface area contributed by atoms with Crippen LogP contribution < -0.4 is 37.8 Å². The third-order valence-corrected chi connectivity index (χ3v) is 18.0. The Morgan fingerprint density at radius 1 is 0.660 bits per heavy atom. The number of amides is 3. The predicted molar refractivity (Wildman–Crippen MR) is 421 cm³/mol. The minimum absolute atomic E-state index is 0. The zero-order valence-corrected chi connectivity index (χ0v) is 67.5. The van der Waals surface area contributed by atoms with Crippen LogP contribution in [0.2, 0.25) is 0 Å². The van der Waals surface area contributed by atoms with E-state index in [0.29, 0.717) is 66.3 Å². The number of halogens is 1. The summed E-state index contributed by atoms with van der Waals surface area (Å²) in [6.45, 7) is 43.7. The second kappa shape index (κ2) is 53.3. The van der Waals surface area contributed by atoms with E-state index in [1.165, 1.54) is 58.7 Å². The van der Waals surface area contributed by atoms with Gasteiger partial charge < -0.3 is 50.8 Å². The summed E-state index contributed by atoms with van der Waals surface area (Å²) in [4.78, 5) is 84.7. The molecule has 0 unspecified atom stereocenters. The van der Waals surface area contributed by atoms with Crippen molar-refractivity contribution in [1.29, 1.82) is 0 Å². The minimum atomic E-state index is -1.09. The molecule has 3 aromatic rings. The third-order valence-electron chi connectivity index (χ3n) is 18.0. The van der Waals surface area contributed by atoms with Crippen LogP contribution in [0.15, 0.2) is 94.9 Å². The van der Waals surface area contributed by atoms with Crippen LogP contribution in [0.25, 0.3) is 0 Å². The maximum absolute atomic E-state index is 13.3. The molecule has 0 aromatic heterocycles. The number of benzene rings is 3. The number of Topliss-reactive ketones (excluding diaryl/α,β-unsaturated/α-hetero) is 2. The van der Waals surface area contributed by atoms with E-state index in [4.69, 9.17) is 30.3 Å². The van der Waals surface area contributed by atoms with Crippen molar-refractivity contribution >= 4 is 65.4 Å². The number of carboxylic acid groups (broad SMARTS) is 1. The van der Waals surface area contributed by atoms with E-state index in [1.807, 2.05) is 79.7 Å². The number of alkyl carbamates (subject to hydrolysis) is 2. The highest BCUT2D eigenvalue weighted by Crippen LogP contribution is 2.41. The molecule has 3 fully saturated rings. The van der Waals surface area contributed by atoms with Gasteiger partial charge in [-0.15, -0.1) is 17.9 Å². The van der Waals surface area contributed by atoms with Crippen molar-refractivity contribution < 1.29 is 53.3 Å². The molecule has 2 aliphatic heterocycles. The van der Waals surface area contributed by atoms with Crippen molar-refractivity contribution in [1.82, 2.24) is 31.3 Å². The van der Waals surface area contributed by atoms with Crippen molar-refractivity contribution in [3.63, 3.8) is 0 Å². The molecule has 7 rings (SSSR count). The van der Waals surface area contributed by atoms with Crippen molar-refractivity contribution in [3.05, 3.63) is 96.1 Å². The number of carboxylic acids is 1. The van der Waals surface area contributed by atoms with Gasteiger partial charge >= 0.3 is 18.2 Å². The molecule has 2 heterocycles. The van der Waals surface area contributed by atoms with Crippen molar-refractivity contribution in [3.8, 4) is 0 Å². The molecule has 10 atom stereocenters. The van der Waals surface area contributed by atoms with Gasteiger partial charge in [-0.1, -0.05) is 148 Å². The summed E-state index contributed by atoms with van der Waals surface area (Å²) >= 11 is 0. The average molecular weight is 1470 g/mol. The second-order valence-electron chi connectivity index (χ2n) is 30.1. The Kier molecular flexibility index (Phi) is 49.9. The van der Waals surface area contributed by atoms with Crippen molar-refractivity contribution in [2.75, 3.05) is 77.2 Å². The molecule has 4 aliphatic rings. The van der Waals surface area contributed by atoms with Gasteiger partial charge in [-0.3, -0.25) is 29.8 Å². The number of hydrogen-bond donors (Lipinski definition) is 8. The van der Waals surface area contributed by atoms with E-state index in [9.17, 15) is 28.8 Å². The van der Waals surface area contributed by atoms with Gasteiger partial charge in [0.1, 0.15) is 40.5 Å². The molecule has 0 bridgehead atoms. The first kappa shape index (κ1) is 96.5. The number of hydrazine groups is 2. The molecule has 586 valence electrons. The van der Waals surface area contributed by atoms with Gasteiger partial charge in [-0.25, -0.2) is 19.6 Å². The first-order valence-corrected chi connectivity index (χ1v) is 37.6. The molecule has 1 saturated heterocycles. The van der Waals surface area contributed by atoms with Gasteiger partial charge in [0.05, 0.1) is 24.3 Å². The molecular weight excluding hydrogens is 1330 g/mol. The molecule has 2 saturated carbocycles. The molecule has 3 aromatic carbocycles. The molecule has 23 heteroatoms. The van der Waals surface area contributed by atoms with Crippen molar-refractivity contribution in [2.24, 2.45) is 63.1 Å². The number of aliphatic carboxylic acids is 1. The molecule has 103 heavy (non-hydrogen) atoms. The van der Waals surface area contributed by atoms with Crippen LogP contribution in [-0.4, -0.2) is 152 Å². The van der Waals surface area contributed by atoms with Gasteiger partial charge in [0.2, 0.25) is 5.91 Å². The lowest BCUT2D eigenvalue weighted by Gasteiger charge is -2.36. The summed E-state index contributed by atoms with van der Waals surface area (Å²) in [7, 11) is 4.12. The standard InChI is InChI=1S/C28H44N2O4.C20H31NO.C8H17N3.C8H15NO4.C6H7N3O.C6H15N.C4H8O.ClH/c1-18(2)22-14-13-19(3)17-23(22)25(31)16-15-24(21-11-9-8-10-12-21)30-26(32)20(4)29-27(33)34-28(5,6)7;1-14(2)17-10-9-15(3)13-18(17)20(22)12-11-19(21)16-7-5-4-6-8-16;1-4-9-8-10-6-5-7-11(2)3;1-5(6(10)11)9-7(12)13-8(2,3)4;10-9-6-4-2-1-3-5(6)7-8-9;1-4-7(5-2)6-3;1-2-4-5-3-1;/h8-12,18-20,22-24H,13-17H2,1-7H3,(H,29,33)(H,30,32);4-8,14-15,17-19H,9-13,21H2,1-3H3;4-7H2,1-3H3;5H,1-4H3,(H,9,12)(H,10,11);1-4,7-8,10H;4-6H2,1-3H3;1-4H2;1H/t19-,20-,22+,23-,24-;15-,17+,18-,19-;;5-;;;;/m11.1..../s1. The second-order valence-corrected chi connectivity index (χ2v) is 30.1. The van der Waals surface area contributed by atoms with Crippen LogP contribution in [0.4, 0.5) is 21.0 Å². The quantitative estimate of drug-likeness (QED) is 0.0289. The zero-order valence-electron chi connectivity index (χ0n) is 66.7. The van der Waals surface area contributed by atoms with E-state index >= 15 is 0 Å². The number of nitrogens with two attached hydrogens (primary N) is 1. The SMILES string of the molecule is C1CCOC1.CC(C)[C@@H]1CC[C@@H](C)C[C@H]1C(=O)CC[C@@H](N)c1ccccc1.CC(C)[C@@H]1CC[C@@H](C)C[C@H]1C(=O)CC[C@@H](NC(=O)[C@@H](C)NC(=O)OC(C)(C)C)c1ccccc1.CCN(CC)CC.CCN=C=NCCCN(C)C.C[C@@H](NC(=O)OC(C)(C)C)C(=O)O.Cl.ON1NNc2ccccc21. The average Bonchev–Trinajstić information content (AvgIpc) is 1.26. The Labute approximate surface area is 626 Å². The van der Waals surface area contributed by atoms with E-state index in [1.54, 1.807) is 48.5 Å². The zero-order chi connectivity index (χ0) is 77.0. The number of fused-ring (bicyclic) bond motifs is 1. The fourth-order valence-corrected chi connectivity index (χ4v) is 12.1. The minimum Gasteiger partial charge on any atom is -0.480 e. The summed E-state index contributed by atoms with van der Waals surface area (Å²) in [5.41, 5.74) is 14.0. The summed E-state index contributed by atoms with van der Waals surface area (Å²) in [5.74, 6) is 3.06. The molecule has 0 spiro atoms. The maximum Gasteiger partial charge on any atom is 0.408 e. The van der Waals surface area contributed by atoms with Gasteiger partial charge in [-0.2, -0.15) is 5.17 Å². The highest BCUT2D eigenvalue weighted by molar-refractivity contribution is 5.86. The monoisotopic (exact) mass is 1460 g/mol. The number of hydrogen-bond acceptors (Lipinski definition) is 18. The van der Waals surface area contributed by atoms with E-state index in [2.05, 4.69) is 141 Å². The summed E-state index contributed by atoms with van der Waals surface area (Å²) < 4.78 is 15.0. The van der Waals surface area contributed by atoms with Crippen LogP contribution in [0.3, 0.4) is 0 Å². The first-order chi connectivity index (χ1) is 48.1. The Hall–Kier alpha value is -6.49. The third kappa shape index (κ3) is 43.5. The topological polar surface area (TPSA) is 291 Å². The highest BCUT2D eigenvalue weighted by Gasteiger charge is 2.37.